The second-order valence-electron chi connectivity index (χ2n) is 7.24. The topological polar surface area (TPSA) is 88.2 Å². The molecular weight excluding hydrogens is 529 g/mol. The molecule has 1 amide bonds. The molecule has 1 heterocycles. The van der Waals surface area contributed by atoms with Crippen LogP contribution in [0.5, 0.6) is 5.75 Å². The molecule has 0 saturated carbocycles. The summed E-state index contributed by atoms with van der Waals surface area (Å²) in [5, 5.41) is 9.39. The molecule has 33 heavy (non-hydrogen) atoms. The first kappa shape index (κ1) is 22.5. The van der Waals surface area contributed by atoms with Crippen LogP contribution >= 0.6 is 22.6 Å². The Labute approximate surface area is 205 Å². The minimum Gasteiger partial charge on any atom is -0.497 e. The lowest BCUT2D eigenvalue weighted by Crippen LogP contribution is -2.11. The van der Waals surface area contributed by atoms with Gasteiger partial charge in [0, 0.05) is 38.0 Å². The number of nitrogens with one attached hydrogen (secondary N) is 3. The van der Waals surface area contributed by atoms with Crippen LogP contribution in [0.4, 0.5) is 28.8 Å². The molecule has 4 aromatic rings. The lowest BCUT2D eigenvalue weighted by Gasteiger charge is -2.11. The molecule has 0 fully saturated rings. The van der Waals surface area contributed by atoms with Crippen molar-refractivity contribution in [2.75, 3.05) is 23.1 Å². The number of rotatable bonds is 7. The first-order chi connectivity index (χ1) is 16.0. The van der Waals surface area contributed by atoms with E-state index in [1.165, 1.54) is 0 Å². The van der Waals surface area contributed by atoms with Crippen molar-refractivity contribution < 1.29 is 9.53 Å². The number of carbonyl (C=O) groups is 1. The number of anilines is 5. The summed E-state index contributed by atoms with van der Waals surface area (Å²) < 4.78 is 6.28. The normalized spacial score (nSPS) is 10.4. The third-order valence-corrected chi connectivity index (χ3v) is 5.44. The van der Waals surface area contributed by atoms with E-state index in [4.69, 9.17) is 4.74 Å². The Bertz CT molecular complexity index is 1240. The molecule has 166 valence electrons. The largest absolute Gasteiger partial charge is 0.497 e. The van der Waals surface area contributed by atoms with Gasteiger partial charge in [-0.05, 0) is 102 Å². The number of methoxy groups -OCH3 is 1. The van der Waals surface area contributed by atoms with Crippen LogP contribution in [-0.4, -0.2) is 23.0 Å². The van der Waals surface area contributed by atoms with Gasteiger partial charge in [-0.2, -0.15) is 4.98 Å². The third kappa shape index (κ3) is 6.19. The second kappa shape index (κ2) is 10.3. The van der Waals surface area contributed by atoms with Gasteiger partial charge in [0.1, 0.15) is 11.6 Å². The van der Waals surface area contributed by atoms with E-state index in [1.807, 2.05) is 73.7 Å². The van der Waals surface area contributed by atoms with Gasteiger partial charge in [-0.15, -0.1) is 0 Å². The van der Waals surface area contributed by atoms with Crippen LogP contribution in [0.15, 0.2) is 78.9 Å². The van der Waals surface area contributed by atoms with E-state index in [0.29, 0.717) is 23.0 Å². The van der Waals surface area contributed by atoms with E-state index in [-0.39, 0.29) is 5.91 Å². The number of ether oxygens (including phenoxy) is 1. The molecule has 7 nitrogen and oxygen atoms in total. The highest BCUT2D eigenvalue weighted by Gasteiger charge is 2.07. The number of carbonyl (C=O) groups excluding carboxylic acids is 1. The Morgan fingerprint density at radius 2 is 1.42 bits per heavy atom. The molecular formula is C25H22IN5O2. The van der Waals surface area contributed by atoms with Crippen molar-refractivity contribution in [2.45, 2.75) is 6.92 Å². The van der Waals surface area contributed by atoms with Crippen molar-refractivity contribution >= 4 is 57.3 Å². The van der Waals surface area contributed by atoms with Gasteiger partial charge in [-0.3, -0.25) is 4.79 Å². The molecule has 0 aliphatic rings. The van der Waals surface area contributed by atoms with Gasteiger partial charge in [-0.25, -0.2) is 4.98 Å². The van der Waals surface area contributed by atoms with Crippen molar-refractivity contribution in [3.05, 3.63) is 93.7 Å². The Kier molecular flexibility index (Phi) is 7.04. The van der Waals surface area contributed by atoms with E-state index in [0.717, 1.165) is 26.4 Å². The number of hydrogen-bond donors (Lipinski definition) is 3. The van der Waals surface area contributed by atoms with Crippen molar-refractivity contribution in [2.24, 2.45) is 0 Å². The first-order valence-corrected chi connectivity index (χ1v) is 11.3. The third-order valence-electron chi connectivity index (χ3n) is 4.72. The maximum atomic E-state index is 12.4. The zero-order valence-electron chi connectivity index (χ0n) is 18.1. The molecule has 0 spiro atoms. The molecule has 0 saturated heterocycles. The fraction of sp³-hybridized carbons (Fsp3) is 0.0800. The lowest BCUT2D eigenvalue weighted by molar-refractivity contribution is 0.102. The molecule has 4 rings (SSSR count). The molecule has 3 aromatic carbocycles. The van der Waals surface area contributed by atoms with Crippen molar-refractivity contribution in [3.8, 4) is 5.75 Å². The SMILES string of the molecule is COc1ccc(Nc2cc(C)nc(Nc3ccc(NC(=O)c4ccc(I)cc4)cc3)n2)cc1. The van der Waals surface area contributed by atoms with Gasteiger partial charge in [0.15, 0.2) is 0 Å². The van der Waals surface area contributed by atoms with Crippen molar-refractivity contribution in [3.63, 3.8) is 0 Å². The van der Waals surface area contributed by atoms with Crippen molar-refractivity contribution in [1.29, 1.82) is 0 Å². The Morgan fingerprint density at radius 3 is 2.09 bits per heavy atom. The van der Waals surface area contributed by atoms with Gasteiger partial charge >= 0.3 is 0 Å². The van der Waals surface area contributed by atoms with Crippen LogP contribution in [0.2, 0.25) is 0 Å². The number of halogens is 1. The van der Waals surface area contributed by atoms with Crippen LogP contribution in [0.25, 0.3) is 0 Å². The summed E-state index contributed by atoms with van der Waals surface area (Å²) >= 11 is 2.21. The van der Waals surface area contributed by atoms with E-state index in [1.54, 1.807) is 19.2 Å². The summed E-state index contributed by atoms with van der Waals surface area (Å²) in [6.07, 6.45) is 0. The first-order valence-electron chi connectivity index (χ1n) is 10.2. The molecule has 0 bridgehead atoms. The molecule has 0 radical (unpaired) electrons. The zero-order valence-corrected chi connectivity index (χ0v) is 20.3. The van der Waals surface area contributed by atoms with Gasteiger partial charge < -0.3 is 20.7 Å². The summed E-state index contributed by atoms with van der Waals surface area (Å²) in [6, 6.07) is 24.3. The average molecular weight is 551 g/mol. The smallest absolute Gasteiger partial charge is 0.255 e. The summed E-state index contributed by atoms with van der Waals surface area (Å²) in [6.45, 7) is 1.91. The number of aromatic nitrogens is 2. The van der Waals surface area contributed by atoms with E-state index in [9.17, 15) is 4.79 Å². The van der Waals surface area contributed by atoms with Crippen LogP contribution in [-0.2, 0) is 0 Å². The number of benzene rings is 3. The molecule has 3 N–H and O–H groups in total. The van der Waals surface area contributed by atoms with E-state index < -0.39 is 0 Å². The van der Waals surface area contributed by atoms with Gasteiger partial charge in [0.05, 0.1) is 7.11 Å². The van der Waals surface area contributed by atoms with Crippen LogP contribution in [0.1, 0.15) is 16.1 Å². The summed E-state index contributed by atoms with van der Waals surface area (Å²) in [4.78, 5) is 21.4. The zero-order chi connectivity index (χ0) is 23.2. The average Bonchev–Trinajstić information content (AvgIpc) is 2.81. The van der Waals surface area contributed by atoms with Gasteiger partial charge in [0.2, 0.25) is 5.95 Å². The Morgan fingerprint density at radius 1 is 0.818 bits per heavy atom. The summed E-state index contributed by atoms with van der Waals surface area (Å²) in [5.74, 6) is 1.79. The van der Waals surface area contributed by atoms with Gasteiger partial charge in [0.25, 0.3) is 5.91 Å². The number of nitrogens with zero attached hydrogens (tertiary/aromatic N) is 2. The number of hydrogen-bond acceptors (Lipinski definition) is 6. The van der Waals surface area contributed by atoms with E-state index in [2.05, 4.69) is 48.5 Å². The molecule has 0 aliphatic carbocycles. The van der Waals surface area contributed by atoms with E-state index >= 15 is 0 Å². The summed E-state index contributed by atoms with van der Waals surface area (Å²) in [7, 11) is 1.64. The standard InChI is InChI=1S/C25H22IN5O2/c1-16-15-23(28-19-11-13-22(33-2)14-12-19)31-25(27-16)30-21-9-7-20(8-10-21)29-24(32)17-3-5-18(26)6-4-17/h3-15H,1-2H3,(H,29,32)(H2,27,28,30,31). The highest BCUT2D eigenvalue weighted by Crippen LogP contribution is 2.22. The molecule has 0 atom stereocenters. The second-order valence-corrected chi connectivity index (χ2v) is 8.48. The van der Waals surface area contributed by atoms with Crippen LogP contribution < -0.4 is 20.7 Å². The number of aryl methyl sites for hydroxylation is 1. The molecule has 1 aromatic heterocycles. The lowest BCUT2D eigenvalue weighted by atomic mass is 10.2. The molecule has 0 aliphatic heterocycles. The highest BCUT2D eigenvalue weighted by atomic mass is 127. The monoisotopic (exact) mass is 551 g/mol. The molecule has 0 unspecified atom stereocenters. The predicted octanol–water partition coefficient (Wildman–Crippen LogP) is 6.14. The maximum Gasteiger partial charge on any atom is 0.255 e. The number of amides is 1. The minimum atomic E-state index is -0.150. The summed E-state index contributed by atoms with van der Waals surface area (Å²) in [5.41, 5.74) is 3.85. The van der Waals surface area contributed by atoms with Gasteiger partial charge in [-0.1, -0.05) is 0 Å². The predicted molar refractivity (Wildman–Crippen MR) is 140 cm³/mol. The maximum absolute atomic E-state index is 12.4. The minimum absolute atomic E-state index is 0.150. The van der Waals surface area contributed by atoms with Crippen molar-refractivity contribution in [1.82, 2.24) is 9.97 Å². The van der Waals surface area contributed by atoms with Crippen LogP contribution in [0.3, 0.4) is 0 Å². The fourth-order valence-electron chi connectivity index (χ4n) is 3.08. The Hall–Kier alpha value is -3.66. The Balaban J connectivity index is 1.42. The van der Waals surface area contributed by atoms with Crippen LogP contribution in [0, 0.1) is 10.5 Å². The molecule has 8 heteroatoms. The quantitative estimate of drug-likeness (QED) is 0.239. The fourth-order valence-corrected chi connectivity index (χ4v) is 3.44. The highest BCUT2D eigenvalue weighted by molar-refractivity contribution is 14.1.